The van der Waals surface area contributed by atoms with E-state index >= 15 is 0 Å². The van der Waals surface area contributed by atoms with E-state index in [9.17, 15) is 24.5 Å². The van der Waals surface area contributed by atoms with E-state index in [-0.39, 0.29) is 25.7 Å². The van der Waals surface area contributed by atoms with Crippen LogP contribution in [-0.4, -0.2) is 97.4 Å². The summed E-state index contributed by atoms with van der Waals surface area (Å²) in [6.07, 6.45) is 2.28. The minimum absolute atomic E-state index is 0.0780. The Labute approximate surface area is 217 Å². The zero-order chi connectivity index (χ0) is 27.2. The second kappa shape index (κ2) is 15.8. The van der Waals surface area contributed by atoms with Crippen molar-refractivity contribution in [3.05, 3.63) is 46.0 Å². The SMILES string of the molecule is CCOC(=O)[C@H](CCc1ccccc1)N[C@@H](C)C(=O)N1CCC[C@H]1C(=O)OCCN(C)CCO[N+](=O)[O-]. The molecule has 206 valence electrons. The van der Waals surface area contributed by atoms with Crippen LogP contribution in [0, 0.1) is 10.1 Å². The third kappa shape index (κ3) is 10.3. The highest BCUT2D eigenvalue weighted by molar-refractivity contribution is 5.88. The van der Waals surface area contributed by atoms with Crippen molar-refractivity contribution in [1.82, 2.24) is 15.1 Å². The van der Waals surface area contributed by atoms with Gasteiger partial charge in [0.05, 0.1) is 12.6 Å². The zero-order valence-electron chi connectivity index (χ0n) is 21.8. The largest absolute Gasteiger partial charge is 0.465 e. The molecule has 1 aromatic rings. The molecule has 1 aromatic carbocycles. The van der Waals surface area contributed by atoms with Crippen molar-refractivity contribution in [2.75, 3.05) is 46.5 Å². The molecule has 0 aromatic heterocycles. The number of likely N-dealkylation sites (N-methyl/N-ethyl adjacent to an activating group) is 1. The van der Waals surface area contributed by atoms with Gasteiger partial charge in [-0.15, -0.1) is 10.1 Å². The number of likely N-dealkylation sites (tertiary alicyclic amines) is 1. The first kappa shape index (κ1) is 30.0. The van der Waals surface area contributed by atoms with Crippen molar-refractivity contribution in [3.63, 3.8) is 0 Å². The summed E-state index contributed by atoms with van der Waals surface area (Å²) < 4.78 is 10.6. The van der Waals surface area contributed by atoms with Crippen LogP contribution >= 0.6 is 0 Å². The highest BCUT2D eigenvalue weighted by atomic mass is 16.9. The molecule has 0 radical (unpaired) electrons. The maximum atomic E-state index is 13.2. The number of carbonyl (C=O) groups is 3. The van der Waals surface area contributed by atoms with Gasteiger partial charge in [0.25, 0.3) is 5.09 Å². The van der Waals surface area contributed by atoms with Crippen LogP contribution in [0.3, 0.4) is 0 Å². The summed E-state index contributed by atoms with van der Waals surface area (Å²) in [6, 6.07) is 7.70. The van der Waals surface area contributed by atoms with Crippen molar-refractivity contribution >= 4 is 17.8 Å². The van der Waals surface area contributed by atoms with E-state index < -0.39 is 35.2 Å². The number of amides is 1. The van der Waals surface area contributed by atoms with Gasteiger partial charge in [0, 0.05) is 19.6 Å². The molecule has 3 atom stereocenters. The summed E-state index contributed by atoms with van der Waals surface area (Å²) in [5, 5.41) is 12.5. The Balaban J connectivity index is 1.88. The highest BCUT2D eigenvalue weighted by Gasteiger charge is 2.38. The standard InChI is InChI=1S/C25H38N4O8/c1-4-35-24(31)21(13-12-20-9-6-5-7-10-20)26-19(2)23(30)28-14-8-11-22(28)25(32)36-17-15-27(3)16-18-37-29(33)34/h5-7,9-10,19,21-22,26H,4,8,11-18H2,1-3H3/t19-,21-,22-/m0/s1. The molecule has 1 aliphatic rings. The fourth-order valence-corrected chi connectivity index (χ4v) is 4.15. The van der Waals surface area contributed by atoms with Crippen LogP contribution < -0.4 is 5.32 Å². The fraction of sp³-hybridized carbons (Fsp3) is 0.640. The highest BCUT2D eigenvalue weighted by Crippen LogP contribution is 2.20. The maximum absolute atomic E-state index is 13.2. The van der Waals surface area contributed by atoms with Gasteiger partial charge in [0.15, 0.2) is 0 Å². The Morgan fingerprint density at radius 3 is 2.57 bits per heavy atom. The topological polar surface area (TPSA) is 141 Å². The van der Waals surface area contributed by atoms with Crippen molar-refractivity contribution in [3.8, 4) is 0 Å². The first-order valence-electron chi connectivity index (χ1n) is 12.6. The number of benzene rings is 1. The minimum Gasteiger partial charge on any atom is -0.465 e. The second-order valence-electron chi connectivity index (χ2n) is 8.93. The summed E-state index contributed by atoms with van der Waals surface area (Å²) in [4.78, 5) is 56.2. The summed E-state index contributed by atoms with van der Waals surface area (Å²) in [6.45, 7) is 4.77. The van der Waals surface area contributed by atoms with Crippen LogP contribution in [0.4, 0.5) is 0 Å². The van der Waals surface area contributed by atoms with Gasteiger partial charge in [0.1, 0.15) is 25.3 Å². The van der Waals surface area contributed by atoms with Gasteiger partial charge in [0.2, 0.25) is 5.91 Å². The van der Waals surface area contributed by atoms with Crippen molar-refractivity contribution in [2.45, 2.75) is 57.7 Å². The molecule has 1 N–H and O–H groups in total. The lowest BCUT2D eigenvalue weighted by molar-refractivity contribution is -0.757. The first-order chi connectivity index (χ1) is 17.7. The lowest BCUT2D eigenvalue weighted by Gasteiger charge is -2.28. The number of hydrogen-bond donors (Lipinski definition) is 1. The van der Waals surface area contributed by atoms with E-state index in [0.29, 0.717) is 45.3 Å². The molecule has 0 aliphatic carbocycles. The summed E-state index contributed by atoms with van der Waals surface area (Å²) in [5.74, 6) is -1.18. The molecule has 0 bridgehead atoms. The lowest BCUT2D eigenvalue weighted by Crippen LogP contribution is -2.53. The summed E-state index contributed by atoms with van der Waals surface area (Å²) in [7, 11) is 1.73. The molecule has 12 nitrogen and oxygen atoms in total. The van der Waals surface area contributed by atoms with Gasteiger partial charge in [-0.2, -0.15) is 0 Å². The van der Waals surface area contributed by atoms with Crippen LogP contribution in [0.5, 0.6) is 0 Å². The van der Waals surface area contributed by atoms with Gasteiger partial charge < -0.3 is 24.1 Å². The molecular weight excluding hydrogens is 484 g/mol. The Morgan fingerprint density at radius 1 is 1.19 bits per heavy atom. The van der Waals surface area contributed by atoms with E-state index in [1.165, 1.54) is 4.90 Å². The average molecular weight is 523 g/mol. The van der Waals surface area contributed by atoms with Crippen LogP contribution in [0.1, 0.15) is 38.7 Å². The maximum Gasteiger partial charge on any atom is 0.328 e. The molecule has 1 saturated heterocycles. The number of nitrogens with zero attached hydrogens (tertiary/aromatic N) is 3. The van der Waals surface area contributed by atoms with Crippen LogP contribution in [0.25, 0.3) is 0 Å². The van der Waals surface area contributed by atoms with Gasteiger partial charge in [-0.25, -0.2) is 4.79 Å². The number of aryl methyl sites for hydroxylation is 1. The van der Waals surface area contributed by atoms with Gasteiger partial charge >= 0.3 is 11.9 Å². The quantitative estimate of drug-likeness (QED) is 0.191. The van der Waals surface area contributed by atoms with E-state index in [4.69, 9.17) is 9.47 Å². The number of hydrogen-bond acceptors (Lipinski definition) is 10. The second-order valence-corrected chi connectivity index (χ2v) is 8.93. The number of esters is 2. The Kier molecular flexibility index (Phi) is 12.8. The molecule has 37 heavy (non-hydrogen) atoms. The van der Waals surface area contributed by atoms with Gasteiger partial charge in [-0.3, -0.25) is 14.9 Å². The molecule has 12 heteroatoms. The predicted molar refractivity (Wildman–Crippen MR) is 134 cm³/mol. The van der Waals surface area contributed by atoms with Crippen molar-refractivity contribution in [2.24, 2.45) is 0 Å². The Bertz CT molecular complexity index is 885. The molecule has 0 saturated carbocycles. The summed E-state index contributed by atoms with van der Waals surface area (Å²) >= 11 is 0. The number of carbonyl (C=O) groups excluding carboxylic acids is 3. The minimum atomic E-state index is -0.854. The zero-order valence-corrected chi connectivity index (χ0v) is 21.8. The molecule has 1 fully saturated rings. The fourth-order valence-electron chi connectivity index (χ4n) is 4.15. The third-order valence-corrected chi connectivity index (χ3v) is 6.15. The van der Waals surface area contributed by atoms with E-state index in [1.54, 1.807) is 25.8 Å². The van der Waals surface area contributed by atoms with Crippen LogP contribution in [-0.2, 0) is 35.1 Å². The van der Waals surface area contributed by atoms with Gasteiger partial charge in [-0.05, 0) is 52.1 Å². The molecule has 0 spiro atoms. The molecule has 0 unspecified atom stereocenters. The molecule has 1 aliphatic heterocycles. The Morgan fingerprint density at radius 2 is 1.89 bits per heavy atom. The lowest BCUT2D eigenvalue weighted by atomic mass is 10.0. The number of rotatable bonds is 16. The molecular formula is C25H38N4O8. The van der Waals surface area contributed by atoms with E-state index in [2.05, 4.69) is 10.2 Å². The average Bonchev–Trinajstić information content (AvgIpc) is 3.36. The Hall–Kier alpha value is -3.25. The van der Waals surface area contributed by atoms with Crippen molar-refractivity contribution < 1.29 is 33.8 Å². The molecule has 1 amide bonds. The van der Waals surface area contributed by atoms with Crippen LogP contribution in [0.2, 0.25) is 0 Å². The molecule has 2 rings (SSSR count). The third-order valence-electron chi connectivity index (χ3n) is 6.15. The number of nitrogens with one attached hydrogen (secondary N) is 1. The van der Waals surface area contributed by atoms with Crippen LogP contribution in [0.15, 0.2) is 30.3 Å². The van der Waals surface area contributed by atoms with Gasteiger partial charge in [-0.1, -0.05) is 30.3 Å². The normalized spacial score (nSPS) is 16.8. The first-order valence-corrected chi connectivity index (χ1v) is 12.6. The smallest absolute Gasteiger partial charge is 0.328 e. The predicted octanol–water partition coefficient (Wildman–Crippen LogP) is 1.20. The monoisotopic (exact) mass is 522 g/mol. The van der Waals surface area contributed by atoms with E-state index in [1.807, 2.05) is 30.3 Å². The summed E-state index contributed by atoms with van der Waals surface area (Å²) in [5.41, 5.74) is 1.08. The molecule has 1 heterocycles. The number of ether oxygens (including phenoxy) is 2. The van der Waals surface area contributed by atoms with E-state index in [0.717, 1.165) is 5.56 Å². The van der Waals surface area contributed by atoms with Crippen molar-refractivity contribution in [1.29, 1.82) is 0 Å².